The van der Waals surface area contributed by atoms with Gasteiger partial charge in [-0.3, -0.25) is 20.2 Å². The smallest absolute Gasteiger partial charge is 0.272 e. The van der Waals surface area contributed by atoms with Crippen LogP contribution in [0.1, 0.15) is 47.9 Å². The van der Waals surface area contributed by atoms with Gasteiger partial charge in [0.05, 0.1) is 9.85 Å². The molecule has 0 radical (unpaired) electrons. The van der Waals surface area contributed by atoms with Gasteiger partial charge < -0.3 is 11.5 Å². The third-order valence-corrected chi connectivity index (χ3v) is 6.78. The summed E-state index contributed by atoms with van der Waals surface area (Å²) in [5.74, 6) is 1.07. The molecule has 2 aliphatic rings. The van der Waals surface area contributed by atoms with Crippen molar-refractivity contribution in [1.82, 2.24) is 0 Å². The van der Waals surface area contributed by atoms with Crippen LogP contribution in [0.4, 0.5) is 11.4 Å². The molecule has 0 fully saturated rings. The SMILES string of the molecule is NCC1CCc2ccc([N+](=O)[O-])cc2CC1.NCC1CCc2cccc([N+](=O)[O-])c2CC1. The Morgan fingerprint density at radius 1 is 0.750 bits per heavy atom. The molecule has 32 heavy (non-hydrogen) atoms. The molecule has 2 atom stereocenters. The quantitative estimate of drug-likeness (QED) is 0.417. The molecule has 0 bridgehead atoms. The summed E-state index contributed by atoms with van der Waals surface area (Å²) in [6, 6.07) is 10.6. The first-order chi connectivity index (χ1) is 15.4. The van der Waals surface area contributed by atoms with Crippen LogP contribution in [0, 0.1) is 32.1 Å². The first kappa shape index (κ1) is 23.8. The second-order valence-corrected chi connectivity index (χ2v) is 8.74. The lowest BCUT2D eigenvalue weighted by Gasteiger charge is -2.08. The minimum atomic E-state index is -0.328. The van der Waals surface area contributed by atoms with Crippen molar-refractivity contribution in [3.8, 4) is 0 Å². The Morgan fingerprint density at radius 3 is 1.94 bits per heavy atom. The topological polar surface area (TPSA) is 138 Å². The van der Waals surface area contributed by atoms with Gasteiger partial charge in [-0.15, -0.1) is 0 Å². The van der Waals surface area contributed by atoms with Gasteiger partial charge in [-0.05, 0) is 93.0 Å². The molecule has 0 aliphatic heterocycles. The minimum Gasteiger partial charge on any atom is -0.330 e. The number of nitro groups is 2. The molecule has 4 rings (SSSR count). The average Bonchev–Trinajstić information content (AvgIpc) is 3.14. The number of rotatable bonds is 4. The summed E-state index contributed by atoms with van der Waals surface area (Å²) in [4.78, 5) is 21.0. The molecular formula is C24H32N4O4. The number of nitrogens with zero attached hydrogens (tertiary/aromatic N) is 2. The van der Waals surface area contributed by atoms with Crippen molar-refractivity contribution >= 4 is 11.4 Å². The van der Waals surface area contributed by atoms with Gasteiger partial charge in [-0.1, -0.05) is 18.2 Å². The van der Waals surface area contributed by atoms with Crippen LogP contribution in [0.5, 0.6) is 0 Å². The fourth-order valence-corrected chi connectivity index (χ4v) is 4.70. The zero-order chi connectivity index (χ0) is 23.1. The zero-order valence-corrected chi connectivity index (χ0v) is 18.4. The van der Waals surface area contributed by atoms with E-state index in [0.29, 0.717) is 18.4 Å². The van der Waals surface area contributed by atoms with E-state index in [9.17, 15) is 20.2 Å². The van der Waals surface area contributed by atoms with E-state index in [1.807, 2.05) is 12.1 Å². The van der Waals surface area contributed by atoms with Gasteiger partial charge in [0.2, 0.25) is 0 Å². The van der Waals surface area contributed by atoms with Gasteiger partial charge in [-0.2, -0.15) is 0 Å². The second-order valence-electron chi connectivity index (χ2n) is 8.74. The van der Waals surface area contributed by atoms with E-state index in [0.717, 1.165) is 74.6 Å². The number of nitro benzene ring substituents is 2. The van der Waals surface area contributed by atoms with Gasteiger partial charge in [0.15, 0.2) is 0 Å². The molecule has 4 N–H and O–H groups in total. The number of non-ortho nitro benzene ring substituents is 1. The zero-order valence-electron chi connectivity index (χ0n) is 18.4. The number of hydrogen-bond acceptors (Lipinski definition) is 6. The van der Waals surface area contributed by atoms with Gasteiger partial charge in [0.25, 0.3) is 11.4 Å². The molecule has 2 unspecified atom stereocenters. The van der Waals surface area contributed by atoms with Gasteiger partial charge >= 0.3 is 0 Å². The summed E-state index contributed by atoms with van der Waals surface area (Å²) >= 11 is 0. The number of nitrogens with two attached hydrogens (primary N) is 2. The first-order valence-electron chi connectivity index (χ1n) is 11.3. The highest BCUT2D eigenvalue weighted by molar-refractivity contribution is 5.46. The highest BCUT2D eigenvalue weighted by atomic mass is 16.6. The van der Waals surface area contributed by atoms with E-state index in [2.05, 4.69) is 0 Å². The maximum absolute atomic E-state index is 10.9. The largest absolute Gasteiger partial charge is 0.330 e. The van der Waals surface area contributed by atoms with Crippen LogP contribution in [0.15, 0.2) is 36.4 Å². The summed E-state index contributed by atoms with van der Waals surface area (Å²) in [5.41, 5.74) is 16.3. The molecular weight excluding hydrogens is 408 g/mol. The molecule has 0 amide bonds. The number of aryl methyl sites for hydroxylation is 3. The minimum absolute atomic E-state index is 0.199. The van der Waals surface area contributed by atoms with Gasteiger partial charge in [-0.25, -0.2) is 0 Å². The molecule has 0 saturated heterocycles. The fraction of sp³-hybridized carbons (Fsp3) is 0.500. The van der Waals surface area contributed by atoms with Crippen LogP contribution >= 0.6 is 0 Å². The standard InChI is InChI=1S/2C12H16N2O2/c13-8-9-1-3-10-5-6-12(14(15)16)7-11(10)4-2-9;13-8-9-4-6-10-2-1-3-12(14(15)16)11(10)7-5-9/h5-7,9H,1-4,8,13H2;1-3,9H,4-8,13H2. The Balaban J connectivity index is 0.000000181. The molecule has 0 saturated carbocycles. The lowest BCUT2D eigenvalue weighted by Crippen LogP contribution is -2.14. The fourth-order valence-electron chi connectivity index (χ4n) is 4.70. The highest BCUT2D eigenvalue weighted by Crippen LogP contribution is 2.30. The number of fused-ring (bicyclic) bond motifs is 2. The van der Waals surface area contributed by atoms with Crippen LogP contribution in [-0.2, 0) is 25.7 Å². The lowest BCUT2D eigenvalue weighted by atomic mass is 10.00. The van der Waals surface area contributed by atoms with E-state index >= 15 is 0 Å². The van der Waals surface area contributed by atoms with Crippen molar-refractivity contribution in [2.45, 2.75) is 51.4 Å². The van der Waals surface area contributed by atoms with Crippen molar-refractivity contribution in [1.29, 1.82) is 0 Å². The number of benzene rings is 2. The van der Waals surface area contributed by atoms with Crippen molar-refractivity contribution < 1.29 is 9.85 Å². The molecule has 0 aromatic heterocycles. The molecule has 0 spiro atoms. The third-order valence-electron chi connectivity index (χ3n) is 6.78. The van der Waals surface area contributed by atoms with Crippen molar-refractivity contribution in [3.63, 3.8) is 0 Å². The van der Waals surface area contributed by atoms with Crippen LogP contribution in [0.2, 0.25) is 0 Å². The van der Waals surface area contributed by atoms with Crippen LogP contribution in [-0.4, -0.2) is 22.9 Å². The summed E-state index contributed by atoms with van der Waals surface area (Å²) in [5, 5.41) is 21.6. The second kappa shape index (κ2) is 11.2. The van der Waals surface area contributed by atoms with E-state index in [4.69, 9.17) is 11.5 Å². The Kier molecular flexibility index (Phi) is 8.30. The van der Waals surface area contributed by atoms with Crippen molar-refractivity contribution in [3.05, 3.63) is 78.9 Å². The molecule has 2 aliphatic carbocycles. The van der Waals surface area contributed by atoms with E-state index in [-0.39, 0.29) is 21.2 Å². The maximum atomic E-state index is 10.9. The molecule has 8 nitrogen and oxygen atoms in total. The van der Waals surface area contributed by atoms with E-state index in [1.54, 1.807) is 24.3 Å². The van der Waals surface area contributed by atoms with Crippen molar-refractivity contribution in [2.75, 3.05) is 13.1 Å². The molecule has 0 heterocycles. The first-order valence-corrected chi connectivity index (χ1v) is 11.3. The number of hydrogen-bond donors (Lipinski definition) is 2. The predicted octanol–water partition coefficient (Wildman–Crippen LogP) is 4.10. The monoisotopic (exact) mass is 440 g/mol. The molecule has 8 heteroatoms. The normalized spacial score (nSPS) is 19.9. The molecule has 2 aromatic rings. The van der Waals surface area contributed by atoms with Crippen molar-refractivity contribution in [2.24, 2.45) is 23.3 Å². The van der Waals surface area contributed by atoms with Gasteiger partial charge in [0.1, 0.15) is 0 Å². The average molecular weight is 441 g/mol. The predicted molar refractivity (Wildman–Crippen MR) is 125 cm³/mol. The maximum Gasteiger partial charge on any atom is 0.272 e. The van der Waals surface area contributed by atoms with Crippen LogP contribution in [0.25, 0.3) is 0 Å². The summed E-state index contributed by atoms with van der Waals surface area (Å²) < 4.78 is 0. The Labute approximate surface area is 188 Å². The highest BCUT2D eigenvalue weighted by Gasteiger charge is 2.22. The Morgan fingerprint density at radius 2 is 1.34 bits per heavy atom. The lowest BCUT2D eigenvalue weighted by molar-refractivity contribution is -0.385. The Bertz CT molecular complexity index is 961. The summed E-state index contributed by atoms with van der Waals surface area (Å²) in [6.45, 7) is 1.40. The van der Waals surface area contributed by atoms with Gasteiger partial charge in [0, 0.05) is 23.8 Å². The summed E-state index contributed by atoms with van der Waals surface area (Å²) in [6.07, 6.45) is 7.77. The summed E-state index contributed by atoms with van der Waals surface area (Å²) in [7, 11) is 0. The van der Waals surface area contributed by atoms with E-state index < -0.39 is 0 Å². The van der Waals surface area contributed by atoms with E-state index in [1.165, 1.54) is 5.56 Å². The van der Waals surface area contributed by atoms with Crippen LogP contribution < -0.4 is 11.5 Å². The third kappa shape index (κ3) is 5.89. The van der Waals surface area contributed by atoms with Crippen LogP contribution in [0.3, 0.4) is 0 Å². The molecule has 2 aromatic carbocycles. The molecule has 172 valence electrons. The Hall–Kier alpha value is -2.84.